The Morgan fingerprint density at radius 2 is 1.72 bits per heavy atom. The quantitative estimate of drug-likeness (QED) is 0.384. The van der Waals surface area contributed by atoms with Gasteiger partial charge in [-0.1, -0.05) is 6.07 Å². The van der Waals surface area contributed by atoms with E-state index in [4.69, 9.17) is 4.74 Å². The number of aromatic carboxylic acids is 1. The molecule has 14 heteroatoms. The number of alkyl halides is 6. The summed E-state index contributed by atoms with van der Waals surface area (Å²) in [5.41, 5.74) is -0.413. The second kappa shape index (κ2) is 10.8. The molecule has 0 aliphatic heterocycles. The standard InChI is InChI=1S/C22H20F6N2O6/c23-11-21(24,25)35-15-3-1-2-12(9-15)29-20(33)30-13-4-5-14(8-13)34-18-7-6-16(36-22(26,27)28)10-17(18)19(31)32/h1-3,6-7,9-10,13-14H,4-5,8,11H2,(H,31,32)(H2,29,30,33). The molecule has 0 spiro atoms. The van der Waals surface area contributed by atoms with Gasteiger partial charge in [-0.15, -0.1) is 13.2 Å². The number of carboxylic acid groups (broad SMARTS) is 1. The van der Waals surface area contributed by atoms with Crippen molar-refractivity contribution in [1.82, 2.24) is 5.32 Å². The number of benzene rings is 2. The number of carbonyl (C=O) groups excluding carboxylic acids is 1. The summed E-state index contributed by atoms with van der Waals surface area (Å²) in [6, 6.07) is 6.59. The van der Waals surface area contributed by atoms with Crippen molar-refractivity contribution in [3.63, 3.8) is 0 Å². The van der Waals surface area contributed by atoms with Crippen LogP contribution >= 0.6 is 0 Å². The lowest BCUT2D eigenvalue weighted by atomic mass is 10.2. The van der Waals surface area contributed by atoms with Crippen molar-refractivity contribution in [2.75, 3.05) is 12.0 Å². The lowest BCUT2D eigenvalue weighted by molar-refractivity contribution is -0.274. The van der Waals surface area contributed by atoms with Gasteiger partial charge in [0.15, 0.2) is 6.67 Å². The number of hydrogen-bond acceptors (Lipinski definition) is 5. The summed E-state index contributed by atoms with van der Waals surface area (Å²) in [5, 5.41) is 14.4. The van der Waals surface area contributed by atoms with Gasteiger partial charge in [-0.2, -0.15) is 8.78 Å². The Labute approximate surface area is 200 Å². The molecule has 196 valence electrons. The Balaban J connectivity index is 1.55. The van der Waals surface area contributed by atoms with Gasteiger partial charge < -0.3 is 30.0 Å². The van der Waals surface area contributed by atoms with Crippen LogP contribution in [0.3, 0.4) is 0 Å². The van der Waals surface area contributed by atoms with Crippen molar-refractivity contribution < 1.29 is 55.2 Å². The second-order valence-electron chi connectivity index (χ2n) is 7.76. The Bertz CT molecular complexity index is 1100. The average molecular weight is 522 g/mol. The van der Waals surface area contributed by atoms with Crippen molar-refractivity contribution in [3.8, 4) is 17.2 Å². The third kappa shape index (κ3) is 7.85. The lowest BCUT2D eigenvalue weighted by Gasteiger charge is -2.18. The highest BCUT2D eigenvalue weighted by atomic mass is 19.4. The van der Waals surface area contributed by atoms with Gasteiger partial charge in [0.05, 0.1) is 0 Å². The number of nitrogens with one attached hydrogen (secondary N) is 2. The van der Waals surface area contributed by atoms with Crippen LogP contribution in [0.1, 0.15) is 29.6 Å². The molecule has 3 N–H and O–H groups in total. The summed E-state index contributed by atoms with van der Waals surface area (Å²) in [6.45, 7) is -2.02. The highest BCUT2D eigenvalue weighted by molar-refractivity contribution is 5.91. The molecule has 0 heterocycles. The fraction of sp³-hybridized carbons (Fsp3) is 0.364. The van der Waals surface area contributed by atoms with Crippen LogP contribution in [0.2, 0.25) is 0 Å². The fourth-order valence-corrected chi connectivity index (χ4v) is 3.52. The molecular formula is C22H20F6N2O6. The molecule has 3 rings (SSSR count). The molecule has 2 aromatic carbocycles. The van der Waals surface area contributed by atoms with E-state index in [-0.39, 0.29) is 23.6 Å². The highest BCUT2D eigenvalue weighted by Gasteiger charge is 2.33. The summed E-state index contributed by atoms with van der Waals surface area (Å²) in [4.78, 5) is 23.7. The molecule has 36 heavy (non-hydrogen) atoms. The number of ether oxygens (including phenoxy) is 3. The van der Waals surface area contributed by atoms with Crippen LogP contribution in [-0.2, 0) is 0 Å². The summed E-state index contributed by atoms with van der Waals surface area (Å²) >= 11 is 0. The van der Waals surface area contributed by atoms with Crippen molar-refractivity contribution in [2.45, 2.75) is 43.9 Å². The number of urea groups is 1. The lowest BCUT2D eigenvalue weighted by Crippen LogP contribution is -2.37. The Morgan fingerprint density at radius 1 is 1.00 bits per heavy atom. The molecule has 0 radical (unpaired) electrons. The Kier molecular flexibility index (Phi) is 8.05. The number of anilines is 1. The highest BCUT2D eigenvalue weighted by Crippen LogP contribution is 2.32. The molecule has 2 amide bonds. The van der Waals surface area contributed by atoms with Crippen LogP contribution in [-0.4, -0.2) is 48.4 Å². The summed E-state index contributed by atoms with van der Waals surface area (Å²) < 4.78 is 89.2. The predicted octanol–water partition coefficient (Wildman–Crippen LogP) is 5.35. The normalized spacial score (nSPS) is 17.8. The molecule has 1 aliphatic carbocycles. The molecule has 2 aromatic rings. The predicted molar refractivity (Wildman–Crippen MR) is 112 cm³/mol. The average Bonchev–Trinajstić information content (AvgIpc) is 3.20. The van der Waals surface area contributed by atoms with E-state index >= 15 is 0 Å². The van der Waals surface area contributed by atoms with Crippen LogP contribution < -0.4 is 24.8 Å². The second-order valence-corrected chi connectivity index (χ2v) is 7.76. The van der Waals surface area contributed by atoms with Gasteiger partial charge in [-0.3, -0.25) is 0 Å². The maximum Gasteiger partial charge on any atom is 0.573 e. The Morgan fingerprint density at radius 3 is 2.39 bits per heavy atom. The van der Waals surface area contributed by atoms with E-state index in [0.717, 1.165) is 18.2 Å². The molecule has 1 aliphatic rings. The summed E-state index contributed by atoms with van der Waals surface area (Å²) in [5.74, 6) is -2.74. The van der Waals surface area contributed by atoms with Crippen LogP contribution in [0.5, 0.6) is 17.2 Å². The topological polar surface area (TPSA) is 106 Å². The van der Waals surface area contributed by atoms with E-state index in [1.807, 2.05) is 0 Å². The zero-order chi connectivity index (χ0) is 26.5. The van der Waals surface area contributed by atoms with Crippen molar-refractivity contribution in [1.29, 1.82) is 0 Å². The van der Waals surface area contributed by atoms with Crippen molar-refractivity contribution in [3.05, 3.63) is 48.0 Å². The number of hydrogen-bond donors (Lipinski definition) is 3. The summed E-state index contributed by atoms with van der Waals surface area (Å²) in [6.07, 6.45) is -8.42. The van der Waals surface area contributed by atoms with Crippen LogP contribution in [0.25, 0.3) is 0 Å². The van der Waals surface area contributed by atoms with Gasteiger partial charge in [0.25, 0.3) is 0 Å². The first-order valence-corrected chi connectivity index (χ1v) is 10.4. The van der Waals surface area contributed by atoms with Gasteiger partial charge in [0.1, 0.15) is 28.9 Å². The zero-order valence-electron chi connectivity index (χ0n) is 18.3. The van der Waals surface area contributed by atoms with E-state index in [0.29, 0.717) is 18.9 Å². The molecule has 2 atom stereocenters. The molecule has 1 fully saturated rings. The van der Waals surface area contributed by atoms with Crippen molar-refractivity contribution >= 4 is 17.7 Å². The number of amides is 2. The SMILES string of the molecule is O=C(Nc1cccc(OC(F)(F)CF)c1)NC1CCC(Oc2ccc(OC(F)(F)F)cc2C(=O)O)C1. The molecule has 0 saturated heterocycles. The third-order valence-electron chi connectivity index (χ3n) is 4.94. The minimum absolute atomic E-state index is 0.109. The molecular weight excluding hydrogens is 502 g/mol. The zero-order valence-corrected chi connectivity index (χ0v) is 18.3. The number of halogens is 6. The summed E-state index contributed by atoms with van der Waals surface area (Å²) in [7, 11) is 0. The number of carboxylic acids is 1. The monoisotopic (exact) mass is 522 g/mol. The van der Waals surface area contributed by atoms with Crippen LogP contribution in [0.15, 0.2) is 42.5 Å². The molecule has 1 saturated carbocycles. The van der Waals surface area contributed by atoms with E-state index in [2.05, 4.69) is 20.1 Å². The first-order chi connectivity index (χ1) is 16.8. The maximum atomic E-state index is 13.1. The largest absolute Gasteiger partial charge is 0.573 e. The van der Waals surface area contributed by atoms with Crippen molar-refractivity contribution in [2.24, 2.45) is 0 Å². The van der Waals surface area contributed by atoms with Crippen LogP contribution in [0.4, 0.5) is 36.8 Å². The van der Waals surface area contributed by atoms with Gasteiger partial charge in [0, 0.05) is 24.2 Å². The Hall–Kier alpha value is -3.84. The smallest absolute Gasteiger partial charge is 0.489 e. The number of carbonyl (C=O) groups is 2. The molecule has 0 aromatic heterocycles. The minimum Gasteiger partial charge on any atom is -0.489 e. The molecule has 8 nitrogen and oxygen atoms in total. The van der Waals surface area contributed by atoms with Gasteiger partial charge >= 0.3 is 24.5 Å². The van der Waals surface area contributed by atoms with E-state index in [9.17, 15) is 41.0 Å². The van der Waals surface area contributed by atoms with E-state index < -0.39 is 54.6 Å². The fourth-order valence-electron chi connectivity index (χ4n) is 3.52. The first-order valence-electron chi connectivity index (χ1n) is 10.4. The van der Waals surface area contributed by atoms with E-state index in [1.54, 1.807) is 0 Å². The van der Waals surface area contributed by atoms with Gasteiger partial charge in [-0.05, 0) is 43.2 Å². The van der Waals surface area contributed by atoms with Crippen LogP contribution in [0, 0.1) is 0 Å². The third-order valence-corrected chi connectivity index (χ3v) is 4.94. The molecule has 2 unspecified atom stereocenters. The maximum absolute atomic E-state index is 13.1. The van der Waals surface area contributed by atoms with Gasteiger partial charge in [0.2, 0.25) is 0 Å². The first kappa shape index (κ1) is 26.8. The number of rotatable bonds is 9. The van der Waals surface area contributed by atoms with Gasteiger partial charge in [-0.25, -0.2) is 14.0 Å². The minimum atomic E-state index is -4.99. The molecule has 0 bridgehead atoms. The van der Waals surface area contributed by atoms with E-state index in [1.165, 1.54) is 18.2 Å².